The molecule has 0 saturated heterocycles. The van der Waals surface area contributed by atoms with Gasteiger partial charge in [-0.25, -0.2) is 0 Å². The van der Waals surface area contributed by atoms with Crippen LogP contribution in [-0.2, 0) is 0 Å². The Labute approximate surface area is 112 Å². The molecule has 0 aromatic carbocycles. The molecule has 2 aliphatic rings. The van der Waals surface area contributed by atoms with Gasteiger partial charge in [0.15, 0.2) is 0 Å². The summed E-state index contributed by atoms with van der Waals surface area (Å²) in [4.78, 5) is 2.53. The van der Waals surface area contributed by atoms with Crippen LogP contribution in [0.25, 0.3) is 0 Å². The Bertz CT molecular complexity index is 249. The van der Waals surface area contributed by atoms with E-state index in [0.29, 0.717) is 6.04 Å². The van der Waals surface area contributed by atoms with Crippen molar-refractivity contribution in [2.45, 2.75) is 75.9 Å². The molecule has 0 radical (unpaired) electrons. The van der Waals surface area contributed by atoms with E-state index in [2.05, 4.69) is 24.2 Å². The van der Waals surface area contributed by atoms with Crippen molar-refractivity contribution in [3.63, 3.8) is 0 Å². The molecule has 2 fully saturated rings. The molecule has 1 atom stereocenters. The topological polar surface area (TPSA) is 35.5 Å². The Balaban J connectivity index is 1.65. The fraction of sp³-hybridized carbons (Fsp3) is 1.00. The van der Waals surface area contributed by atoms with Crippen LogP contribution in [0.2, 0.25) is 0 Å². The maximum Gasteiger partial charge on any atom is 0.0610 e. The molecule has 1 unspecified atom stereocenters. The van der Waals surface area contributed by atoms with Crippen molar-refractivity contribution in [3.05, 3.63) is 0 Å². The summed E-state index contributed by atoms with van der Waals surface area (Å²) in [7, 11) is 2.26. The second-order valence-electron chi connectivity index (χ2n) is 6.66. The molecule has 2 saturated carbocycles. The lowest BCUT2D eigenvalue weighted by molar-refractivity contribution is 0.152. The summed E-state index contributed by atoms with van der Waals surface area (Å²) in [6.45, 7) is 3.60. The highest BCUT2D eigenvalue weighted by molar-refractivity contribution is 4.92. The largest absolute Gasteiger partial charge is 0.394 e. The quantitative estimate of drug-likeness (QED) is 0.696. The third-order valence-corrected chi connectivity index (χ3v) is 4.67. The van der Waals surface area contributed by atoms with Crippen molar-refractivity contribution in [3.8, 4) is 0 Å². The van der Waals surface area contributed by atoms with Crippen LogP contribution >= 0.6 is 0 Å². The number of hydrogen-bond donors (Lipinski definition) is 2. The Morgan fingerprint density at radius 2 is 1.89 bits per heavy atom. The van der Waals surface area contributed by atoms with E-state index in [-0.39, 0.29) is 12.1 Å². The molecule has 0 spiro atoms. The van der Waals surface area contributed by atoms with E-state index in [1.165, 1.54) is 51.5 Å². The lowest BCUT2D eigenvalue weighted by Gasteiger charge is -2.31. The van der Waals surface area contributed by atoms with Gasteiger partial charge in [-0.15, -0.1) is 0 Å². The third-order valence-electron chi connectivity index (χ3n) is 4.67. The van der Waals surface area contributed by atoms with Crippen molar-refractivity contribution in [1.82, 2.24) is 10.2 Å². The fourth-order valence-electron chi connectivity index (χ4n) is 3.16. The molecule has 0 aliphatic heterocycles. The van der Waals surface area contributed by atoms with E-state index in [0.717, 1.165) is 12.5 Å². The van der Waals surface area contributed by atoms with E-state index >= 15 is 0 Å². The Kier molecular flexibility index (Phi) is 5.05. The normalized spacial score (nSPS) is 24.7. The molecule has 2 N–H and O–H groups in total. The minimum Gasteiger partial charge on any atom is -0.394 e. The zero-order valence-electron chi connectivity index (χ0n) is 12.1. The lowest BCUT2D eigenvalue weighted by Crippen LogP contribution is -2.47. The Morgan fingerprint density at radius 3 is 2.44 bits per heavy atom. The molecule has 0 heterocycles. The summed E-state index contributed by atoms with van der Waals surface area (Å²) >= 11 is 0. The number of aliphatic hydroxyl groups is 1. The number of aliphatic hydroxyl groups excluding tert-OH is 1. The highest BCUT2D eigenvalue weighted by Gasteiger charge is 2.31. The van der Waals surface area contributed by atoms with Gasteiger partial charge in [0, 0.05) is 17.6 Å². The van der Waals surface area contributed by atoms with Crippen LogP contribution in [-0.4, -0.2) is 47.8 Å². The molecular formula is C15H30N2O. The lowest BCUT2D eigenvalue weighted by atomic mass is 9.96. The SMILES string of the molecule is CN(CCCC(C)(CO)NC1CC1)C1CCCC1. The first-order valence-corrected chi connectivity index (χ1v) is 7.72. The number of nitrogens with one attached hydrogen (secondary N) is 1. The van der Waals surface area contributed by atoms with Crippen LogP contribution in [0.4, 0.5) is 0 Å². The number of hydrogen-bond acceptors (Lipinski definition) is 3. The van der Waals surface area contributed by atoms with Crippen molar-refractivity contribution >= 4 is 0 Å². The second kappa shape index (κ2) is 6.36. The summed E-state index contributed by atoms with van der Waals surface area (Å²) in [6, 6.07) is 1.50. The van der Waals surface area contributed by atoms with Crippen molar-refractivity contribution in [1.29, 1.82) is 0 Å². The van der Waals surface area contributed by atoms with Gasteiger partial charge in [-0.2, -0.15) is 0 Å². The van der Waals surface area contributed by atoms with Gasteiger partial charge in [-0.1, -0.05) is 12.8 Å². The molecule has 0 aromatic heterocycles. The molecular weight excluding hydrogens is 224 g/mol. The highest BCUT2D eigenvalue weighted by atomic mass is 16.3. The number of rotatable bonds is 8. The summed E-state index contributed by atoms with van der Waals surface area (Å²) in [5, 5.41) is 13.2. The first-order chi connectivity index (χ1) is 8.63. The molecule has 0 aromatic rings. The predicted molar refractivity (Wildman–Crippen MR) is 75.8 cm³/mol. The molecule has 2 rings (SSSR count). The zero-order valence-corrected chi connectivity index (χ0v) is 12.1. The first kappa shape index (κ1) is 14.3. The van der Waals surface area contributed by atoms with Crippen LogP contribution in [0.3, 0.4) is 0 Å². The highest BCUT2D eigenvalue weighted by Crippen LogP contribution is 2.26. The third kappa shape index (κ3) is 4.22. The minimum absolute atomic E-state index is 0.0579. The smallest absolute Gasteiger partial charge is 0.0610 e. The van der Waals surface area contributed by atoms with Gasteiger partial charge < -0.3 is 15.3 Å². The van der Waals surface area contributed by atoms with Crippen LogP contribution in [0, 0.1) is 0 Å². The molecule has 2 aliphatic carbocycles. The average molecular weight is 254 g/mol. The van der Waals surface area contributed by atoms with Crippen LogP contribution in [0.15, 0.2) is 0 Å². The number of nitrogens with zero attached hydrogens (tertiary/aromatic N) is 1. The fourth-order valence-corrected chi connectivity index (χ4v) is 3.16. The van der Waals surface area contributed by atoms with Gasteiger partial charge in [-0.3, -0.25) is 0 Å². The predicted octanol–water partition coefficient (Wildman–Crippen LogP) is 2.14. The minimum atomic E-state index is -0.0579. The van der Waals surface area contributed by atoms with E-state index in [1.54, 1.807) is 0 Å². The van der Waals surface area contributed by atoms with Gasteiger partial charge in [0.1, 0.15) is 0 Å². The maximum atomic E-state index is 9.56. The van der Waals surface area contributed by atoms with Crippen molar-refractivity contribution < 1.29 is 5.11 Å². The van der Waals surface area contributed by atoms with Gasteiger partial charge in [0.05, 0.1) is 6.61 Å². The monoisotopic (exact) mass is 254 g/mol. The summed E-state index contributed by atoms with van der Waals surface area (Å²) < 4.78 is 0. The van der Waals surface area contributed by atoms with E-state index in [1.807, 2.05) is 0 Å². The van der Waals surface area contributed by atoms with E-state index < -0.39 is 0 Å². The Morgan fingerprint density at radius 1 is 1.22 bits per heavy atom. The van der Waals surface area contributed by atoms with Crippen molar-refractivity contribution in [2.75, 3.05) is 20.2 Å². The summed E-state index contributed by atoms with van der Waals surface area (Å²) in [6.07, 6.45) is 10.4. The average Bonchev–Trinajstić information content (AvgIpc) is 2.99. The Hall–Kier alpha value is -0.120. The van der Waals surface area contributed by atoms with E-state index in [4.69, 9.17) is 0 Å². The van der Waals surface area contributed by atoms with Crippen LogP contribution in [0.5, 0.6) is 0 Å². The van der Waals surface area contributed by atoms with Crippen molar-refractivity contribution in [2.24, 2.45) is 0 Å². The summed E-state index contributed by atoms with van der Waals surface area (Å²) in [5.74, 6) is 0. The van der Waals surface area contributed by atoms with Crippen LogP contribution in [0.1, 0.15) is 58.3 Å². The molecule has 3 nitrogen and oxygen atoms in total. The molecule has 3 heteroatoms. The van der Waals surface area contributed by atoms with Gasteiger partial charge in [-0.05, 0) is 59.0 Å². The van der Waals surface area contributed by atoms with E-state index in [9.17, 15) is 5.11 Å². The molecule has 18 heavy (non-hydrogen) atoms. The standard InChI is InChI=1S/C15H30N2O/c1-15(12-18,16-13-8-9-13)10-5-11-17(2)14-6-3-4-7-14/h13-14,16,18H,3-12H2,1-2H3. The second-order valence-corrected chi connectivity index (χ2v) is 6.66. The van der Waals surface area contributed by atoms with Gasteiger partial charge >= 0.3 is 0 Å². The van der Waals surface area contributed by atoms with Crippen LogP contribution < -0.4 is 5.32 Å². The molecule has 0 bridgehead atoms. The van der Waals surface area contributed by atoms with Gasteiger partial charge in [0.25, 0.3) is 0 Å². The molecule has 106 valence electrons. The maximum absolute atomic E-state index is 9.56. The molecule has 0 amide bonds. The zero-order chi connectivity index (χ0) is 13.0. The first-order valence-electron chi connectivity index (χ1n) is 7.72. The van der Waals surface area contributed by atoms with Gasteiger partial charge in [0.2, 0.25) is 0 Å². The summed E-state index contributed by atoms with van der Waals surface area (Å²) in [5.41, 5.74) is -0.0579.